The molecule has 86 valence electrons. The van der Waals surface area contributed by atoms with Gasteiger partial charge in [-0.15, -0.1) is 0 Å². The van der Waals surface area contributed by atoms with E-state index < -0.39 is 6.10 Å². The molecule has 0 bridgehead atoms. The Morgan fingerprint density at radius 1 is 1.50 bits per heavy atom. The molecule has 1 aliphatic rings. The minimum Gasteiger partial charge on any atom is -0.497 e. The number of carbonyl (C=O) groups excluding carboxylic acids is 1. The van der Waals surface area contributed by atoms with E-state index in [4.69, 9.17) is 4.74 Å². The molecule has 0 aliphatic carbocycles. The van der Waals surface area contributed by atoms with Crippen LogP contribution in [0.1, 0.15) is 12.0 Å². The van der Waals surface area contributed by atoms with Crippen LogP contribution < -0.4 is 9.64 Å². The fourth-order valence-corrected chi connectivity index (χ4v) is 1.98. The first kappa shape index (κ1) is 11.0. The van der Waals surface area contributed by atoms with Gasteiger partial charge in [0.05, 0.1) is 26.2 Å². The third-order valence-corrected chi connectivity index (χ3v) is 2.80. The molecule has 1 atom stereocenters. The molecular formula is C12H15NO3. The molecule has 0 aromatic heterocycles. The van der Waals surface area contributed by atoms with Crippen LogP contribution in [0.15, 0.2) is 18.2 Å². The molecule has 1 aliphatic heterocycles. The Balaban J connectivity index is 2.30. The smallest absolute Gasteiger partial charge is 0.229 e. The molecule has 1 saturated heterocycles. The van der Waals surface area contributed by atoms with E-state index in [9.17, 15) is 9.90 Å². The standard InChI is InChI=1S/C12H15NO3/c1-8-5-10(16-2)3-4-11(8)13-7-9(14)6-12(13)15/h3-5,9,14H,6-7H2,1-2H3. The predicted octanol–water partition coefficient (Wildman–Crippen LogP) is 1.10. The van der Waals surface area contributed by atoms with Gasteiger partial charge in [-0.25, -0.2) is 0 Å². The molecule has 0 spiro atoms. The summed E-state index contributed by atoms with van der Waals surface area (Å²) in [5.74, 6) is 0.745. The van der Waals surface area contributed by atoms with Gasteiger partial charge in [-0.05, 0) is 30.7 Å². The number of aliphatic hydroxyl groups is 1. The number of nitrogens with zero attached hydrogens (tertiary/aromatic N) is 1. The molecule has 1 aromatic rings. The van der Waals surface area contributed by atoms with Crippen molar-refractivity contribution in [2.24, 2.45) is 0 Å². The summed E-state index contributed by atoms with van der Waals surface area (Å²) in [7, 11) is 1.61. The van der Waals surface area contributed by atoms with Gasteiger partial charge < -0.3 is 14.7 Å². The molecule has 4 heteroatoms. The summed E-state index contributed by atoms with van der Waals surface area (Å²) in [6.07, 6.45) is -0.333. The fraction of sp³-hybridized carbons (Fsp3) is 0.417. The number of rotatable bonds is 2. The van der Waals surface area contributed by atoms with Crippen LogP contribution in [0.25, 0.3) is 0 Å². The third kappa shape index (κ3) is 1.88. The highest BCUT2D eigenvalue weighted by Gasteiger charge is 2.29. The molecule has 16 heavy (non-hydrogen) atoms. The van der Waals surface area contributed by atoms with Gasteiger partial charge in [0.2, 0.25) is 5.91 Å². The van der Waals surface area contributed by atoms with Crippen LogP contribution in [0, 0.1) is 6.92 Å². The van der Waals surface area contributed by atoms with Crippen molar-refractivity contribution in [3.05, 3.63) is 23.8 Å². The van der Waals surface area contributed by atoms with Crippen molar-refractivity contribution in [3.8, 4) is 5.75 Å². The maximum Gasteiger partial charge on any atom is 0.229 e. The normalized spacial score (nSPS) is 20.3. The van der Waals surface area contributed by atoms with Gasteiger partial charge >= 0.3 is 0 Å². The van der Waals surface area contributed by atoms with E-state index in [2.05, 4.69) is 0 Å². The molecule has 0 radical (unpaired) electrons. The number of aliphatic hydroxyl groups excluding tert-OH is 1. The van der Waals surface area contributed by atoms with Gasteiger partial charge in [0.15, 0.2) is 0 Å². The van der Waals surface area contributed by atoms with Crippen LogP contribution in [0.2, 0.25) is 0 Å². The lowest BCUT2D eigenvalue weighted by atomic mass is 10.1. The lowest BCUT2D eigenvalue weighted by Gasteiger charge is -2.18. The second kappa shape index (κ2) is 4.14. The summed E-state index contributed by atoms with van der Waals surface area (Å²) in [5.41, 5.74) is 1.82. The number of methoxy groups -OCH3 is 1. The van der Waals surface area contributed by atoms with E-state index >= 15 is 0 Å². The summed E-state index contributed by atoms with van der Waals surface area (Å²) in [6, 6.07) is 5.55. The van der Waals surface area contributed by atoms with Crippen molar-refractivity contribution >= 4 is 11.6 Å². The number of hydrogen-bond donors (Lipinski definition) is 1. The Morgan fingerprint density at radius 2 is 2.25 bits per heavy atom. The first-order valence-corrected chi connectivity index (χ1v) is 5.25. The zero-order chi connectivity index (χ0) is 11.7. The van der Waals surface area contributed by atoms with Gasteiger partial charge in [0.1, 0.15) is 5.75 Å². The van der Waals surface area contributed by atoms with Crippen molar-refractivity contribution in [2.45, 2.75) is 19.4 Å². The minimum atomic E-state index is -0.547. The monoisotopic (exact) mass is 221 g/mol. The Bertz CT molecular complexity index is 417. The Labute approximate surface area is 94.4 Å². The van der Waals surface area contributed by atoms with Crippen molar-refractivity contribution in [1.29, 1.82) is 0 Å². The van der Waals surface area contributed by atoms with Crippen molar-refractivity contribution < 1.29 is 14.6 Å². The summed E-state index contributed by atoms with van der Waals surface area (Å²) in [5, 5.41) is 9.44. The second-order valence-electron chi connectivity index (χ2n) is 4.01. The zero-order valence-electron chi connectivity index (χ0n) is 9.43. The molecule has 1 heterocycles. The SMILES string of the molecule is COc1ccc(N2CC(O)CC2=O)c(C)c1. The second-order valence-corrected chi connectivity index (χ2v) is 4.01. The number of amides is 1. The van der Waals surface area contributed by atoms with E-state index in [1.165, 1.54) is 0 Å². The Kier molecular flexibility index (Phi) is 2.83. The predicted molar refractivity (Wildman–Crippen MR) is 60.7 cm³/mol. The van der Waals surface area contributed by atoms with Crippen LogP contribution >= 0.6 is 0 Å². The average molecular weight is 221 g/mol. The van der Waals surface area contributed by atoms with Crippen LogP contribution in [0.4, 0.5) is 5.69 Å². The largest absolute Gasteiger partial charge is 0.497 e. The highest BCUT2D eigenvalue weighted by Crippen LogP contribution is 2.28. The lowest BCUT2D eigenvalue weighted by molar-refractivity contribution is -0.117. The van der Waals surface area contributed by atoms with E-state index in [1.54, 1.807) is 12.0 Å². The molecule has 2 rings (SSSR count). The number of ether oxygens (including phenoxy) is 1. The molecule has 1 aromatic carbocycles. The Morgan fingerprint density at radius 3 is 2.75 bits per heavy atom. The number of hydrogen-bond acceptors (Lipinski definition) is 3. The number of anilines is 1. The van der Waals surface area contributed by atoms with Crippen LogP contribution in [0.5, 0.6) is 5.75 Å². The summed E-state index contributed by atoms with van der Waals surface area (Å²) < 4.78 is 5.11. The highest BCUT2D eigenvalue weighted by atomic mass is 16.5. The Hall–Kier alpha value is -1.55. The van der Waals surface area contributed by atoms with Crippen LogP contribution in [-0.4, -0.2) is 30.8 Å². The van der Waals surface area contributed by atoms with Crippen LogP contribution in [0.3, 0.4) is 0 Å². The third-order valence-electron chi connectivity index (χ3n) is 2.80. The van der Waals surface area contributed by atoms with Crippen molar-refractivity contribution in [2.75, 3.05) is 18.6 Å². The quantitative estimate of drug-likeness (QED) is 0.813. The first-order valence-electron chi connectivity index (χ1n) is 5.25. The molecule has 1 N–H and O–H groups in total. The van der Waals surface area contributed by atoms with Crippen LogP contribution in [-0.2, 0) is 4.79 Å². The number of carbonyl (C=O) groups is 1. The van der Waals surface area contributed by atoms with Gasteiger partial charge in [-0.3, -0.25) is 4.79 Å². The minimum absolute atomic E-state index is 0.0271. The van der Waals surface area contributed by atoms with Gasteiger partial charge in [-0.1, -0.05) is 0 Å². The van der Waals surface area contributed by atoms with Crippen molar-refractivity contribution in [3.63, 3.8) is 0 Å². The molecule has 0 saturated carbocycles. The summed E-state index contributed by atoms with van der Waals surface area (Å²) in [6.45, 7) is 2.31. The fourth-order valence-electron chi connectivity index (χ4n) is 1.98. The molecule has 1 fully saturated rings. The molecule has 4 nitrogen and oxygen atoms in total. The molecule has 1 unspecified atom stereocenters. The van der Waals surface area contributed by atoms with E-state index in [0.29, 0.717) is 6.54 Å². The number of β-amino-alcohol motifs (C(OH)–C–C–N with tert-alkyl or cyclic N) is 1. The summed E-state index contributed by atoms with van der Waals surface area (Å²) >= 11 is 0. The number of aryl methyl sites for hydroxylation is 1. The lowest BCUT2D eigenvalue weighted by Crippen LogP contribution is -2.25. The molecule has 1 amide bonds. The van der Waals surface area contributed by atoms with Gasteiger partial charge in [0, 0.05) is 5.69 Å². The van der Waals surface area contributed by atoms with Crippen molar-refractivity contribution in [1.82, 2.24) is 0 Å². The highest BCUT2D eigenvalue weighted by molar-refractivity contribution is 5.96. The van der Waals surface area contributed by atoms with Gasteiger partial charge in [0.25, 0.3) is 0 Å². The number of benzene rings is 1. The average Bonchev–Trinajstić information content (AvgIpc) is 2.57. The first-order chi connectivity index (χ1) is 7.61. The topological polar surface area (TPSA) is 49.8 Å². The maximum atomic E-state index is 11.6. The molecular weight excluding hydrogens is 206 g/mol. The maximum absolute atomic E-state index is 11.6. The van der Waals surface area contributed by atoms with E-state index in [-0.39, 0.29) is 12.3 Å². The summed E-state index contributed by atoms with van der Waals surface area (Å²) in [4.78, 5) is 13.3. The van der Waals surface area contributed by atoms with E-state index in [1.807, 2.05) is 25.1 Å². The van der Waals surface area contributed by atoms with E-state index in [0.717, 1.165) is 17.0 Å². The van der Waals surface area contributed by atoms with Gasteiger partial charge in [-0.2, -0.15) is 0 Å². The zero-order valence-corrected chi connectivity index (χ0v) is 9.43.